The fraction of sp³-hybridized carbons (Fsp3) is 0. The Morgan fingerprint density at radius 3 is 1.67 bits per heavy atom. The summed E-state index contributed by atoms with van der Waals surface area (Å²) in [5.74, 6) is 0. The molecule has 0 unspecified atom stereocenters. The van der Waals surface area contributed by atoms with E-state index in [9.17, 15) is 0 Å². The van der Waals surface area contributed by atoms with E-state index >= 15 is 0 Å². The number of furan rings is 1. The van der Waals surface area contributed by atoms with Gasteiger partial charge in [0.1, 0.15) is 11.2 Å². The fourth-order valence-electron chi connectivity index (χ4n) is 8.40. The average Bonchev–Trinajstić information content (AvgIpc) is 3.63. The van der Waals surface area contributed by atoms with E-state index in [-0.39, 0.29) is 0 Å². The zero-order valence-corrected chi connectivity index (χ0v) is 29.4. The highest BCUT2D eigenvalue weighted by Crippen LogP contribution is 2.43. The Hall–Kier alpha value is -7.16. The second-order valence-electron chi connectivity index (χ2n) is 14.1. The maximum atomic E-state index is 6.50. The van der Waals surface area contributed by atoms with Gasteiger partial charge in [0.15, 0.2) is 0 Å². The van der Waals surface area contributed by atoms with Crippen molar-refractivity contribution in [1.29, 1.82) is 0 Å². The molecule has 10 aromatic carbocycles. The molecule has 0 saturated carbocycles. The van der Waals surface area contributed by atoms with Crippen molar-refractivity contribution < 1.29 is 4.42 Å². The molecule has 1 aromatic heterocycles. The molecule has 0 N–H and O–H groups in total. The van der Waals surface area contributed by atoms with E-state index in [0.717, 1.165) is 44.4 Å². The lowest BCUT2D eigenvalue weighted by molar-refractivity contribution is 0.672. The van der Waals surface area contributed by atoms with E-state index in [1.165, 1.54) is 60.0 Å². The van der Waals surface area contributed by atoms with Crippen molar-refractivity contribution in [2.45, 2.75) is 0 Å². The van der Waals surface area contributed by atoms with Gasteiger partial charge in [-0.3, -0.25) is 0 Å². The lowest BCUT2D eigenvalue weighted by Gasteiger charge is -2.27. The van der Waals surface area contributed by atoms with Crippen LogP contribution in [0.25, 0.3) is 87.3 Å². The molecule has 1 heterocycles. The molecule has 0 fully saturated rings. The number of fused-ring (bicyclic) bond motifs is 9. The summed E-state index contributed by atoms with van der Waals surface area (Å²) >= 11 is 0. The summed E-state index contributed by atoms with van der Waals surface area (Å²) in [5, 5.41) is 12.1. The summed E-state index contributed by atoms with van der Waals surface area (Å²) in [4.78, 5) is 2.37. The molecule has 0 bridgehead atoms. The van der Waals surface area contributed by atoms with Crippen molar-refractivity contribution in [3.63, 3.8) is 0 Å². The molecule has 2 nitrogen and oxygen atoms in total. The first-order chi connectivity index (χ1) is 26.8. The number of hydrogen-bond donors (Lipinski definition) is 0. The van der Waals surface area contributed by atoms with E-state index in [1.807, 2.05) is 0 Å². The fourth-order valence-corrected chi connectivity index (χ4v) is 8.40. The van der Waals surface area contributed by atoms with Gasteiger partial charge in [0, 0.05) is 32.9 Å². The van der Waals surface area contributed by atoms with Gasteiger partial charge in [0.05, 0.1) is 5.69 Å². The Bertz CT molecular complexity index is 3200. The molecular formula is C52H33NO. The molecule has 252 valence electrons. The van der Waals surface area contributed by atoms with E-state index < -0.39 is 0 Å². The van der Waals surface area contributed by atoms with E-state index in [0.29, 0.717) is 0 Å². The summed E-state index contributed by atoms with van der Waals surface area (Å²) in [6.07, 6.45) is 0. The maximum Gasteiger partial charge on any atom is 0.143 e. The highest BCUT2D eigenvalue weighted by Gasteiger charge is 2.18. The van der Waals surface area contributed by atoms with Crippen molar-refractivity contribution in [3.8, 4) is 22.3 Å². The van der Waals surface area contributed by atoms with Crippen molar-refractivity contribution in [3.05, 3.63) is 200 Å². The highest BCUT2D eigenvalue weighted by molar-refractivity contribution is 6.16. The van der Waals surface area contributed by atoms with Gasteiger partial charge in [-0.25, -0.2) is 0 Å². The summed E-state index contributed by atoms with van der Waals surface area (Å²) in [6.45, 7) is 0. The molecule has 0 saturated heterocycles. The first-order valence-corrected chi connectivity index (χ1v) is 18.5. The van der Waals surface area contributed by atoms with Gasteiger partial charge in [-0.2, -0.15) is 0 Å². The molecule has 0 amide bonds. The highest BCUT2D eigenvalue weighted by atomic mass is 16.3. The minimum absolute atomic E-state index is 0.887. The van der Waals surface area contributed by atoms with E-state index in [4.69, 9.17) is 4.42 Å². The molecule has 0 spiro atoms. The minimum atomic E-state index is 0.887. The second-order valence-corrected chi connectivity index (χ2v) is 14.1. The Labute approximate surface area is 312 Å². The largest absolute Gasteiger partial charge is 0.455 e. The molecule has 2 heteroatoms. The molecule has 54 heavy (non-hydrogen) atoms. The summed E-state index contributed by atoms with van der Waals surface area (Å²) < 4.78 is 6.50. The molecular weight excluding hydrogens is 655 g/mol. The molecule has 0 aliphatic heterocycles. The lowest BCUT2D eigenvalue weighted by atomic mass is 9.92. The van der Waals surface area contributed by atoms with E-state index in [1.54, 1.807) is 0 Å². The number of hydrogen-bond acceptors (Lipinski definition) is 2. The molecule has 0 aliphatic carbocycles. The Morgan fingerprint density at radius 2 is 0.889 bits per heavy atom. The smallest absolute Gasteiger partial charge is 0.143 e. The second kappa shape index (κ2) is 12.2. The zero-order chi connectivity index (χ0) is 35.6. The Balaban J connectivity index is 1.01. The van der Waals surface area contributed by atoms with Gasteiger partial charge in [-0.05, 0) is 103 Å². The summed E-state index contributed by atoms with van der Waals surface area (Å²) in [7, 11) is 0. The maximum absolute atomic E-state index is 6.50. The standard InChI is InChI=1S/C52H33NO/c1-5-15-43-36(10-1)13-9-19-50(43)53(41-29-31-51-49(33-41)47-30-26-37-11-2-6-16-44(37)52(47)54-51)40-27-24-35(25-28-40)34-20-22-38(23-21-34)48-32-39-12-3-4-14-42(39)45-17-7-8-18-46(45)48/h1-33H. The van der Waals surface area contributed by atoms with Crippen LogP contribution in [0, 0.1) is 0 Å². The van der Waals surface area contributed by atoms with Crippen LogP contribution >= 0.6 is 0 Å². The third-order valence-corrected chi connectivity index (χ3v) is 11.0. The number of anilines is 3. The van der Waals surface area contributed by atoms with Gasteiger partial charge in [-0.1, -0.05) is 152 Å². The van der Waals surface area contributed by atoms with Gasteiger partial charge in [0.2, 0.25) is 0 Å². The average molecular weight is 688 g/mol. The SMILES string of the molecule is c1ccc2c(N(c3ccc(-c4ccc(-c5cc6ccccc6c6ccccc56)cc4)cc3)c3ccc4oc5c6ccccc6ccc5c4c3)cccc2c1. The van der Waals surface area contributed by atoms with Crippen molar-refractivity contribution in [2.24, 2.45) is 0 Å². The summed E-state index contributed by atoms with van der Waals surface area (Å²) in [5.41, 5.74) is 9.95. The molecule has 0 atom stereocenters. The predicted molar refractivity (Wildman–Crippen MR) is 229 cm³/mol. The summed E-state index contributed by atoms with van der Waals surface area (Å²) in [6, 6.07) is 72.3. The van der Waals surface area contributed by atoms with Crippen LogP contribution in [0.15, 0.2) is 205 Å². The van der Waals surface area contributed by atoms with Crippen LogP contribution in [0.3, 0.4) is 0 Å². The third kappa shape index (κ3) is 4.88. The number of benzene rings is 10. The van der Waals surface area contributed by atoms with Crippen LogP contribution in [-0.4, -0.2) is 0 Å². The van der Waals surface area contributed by atoms with E-state index in [2.05, 4.69) is 205 Å². The van der Waals surface area contributed by atoms with Gasteiger partial charge in [-0.15, -0.1) is 0 Å². The van der Waals surface area contributed by atoms with Crippen molar-refractivity contribution in [2.75, 3.05) is 4.90 Å². The third-order valence-electron chi connectivity index (χ3n) is 11.0. The molecule has 0 radical (unpaired) electrons. The minimum Gasteiger partial charge on any atom is -0.455 e. The topological polar surface area (TPSA) is 16.4 Å². The van der Waals surface area contributed by atoms with Crippen LogP contribution in [-0.2, 0) is 0 Å². The zero-order valence-electron chi connectivity index (χ0n) is 29.4. The first kappa shape index (κ1) is 30.5. The quantitative estimate of drug-likeness (QED) is 0.168. The van der Waals surface area contributed by atoms with Crippen molar-refractivity contribution >= 4 is 82.1 Å². The first-order valence-electron chi connectivity index (χ1n) is 18.5. The van der Waals surface area contributed by atoms with Crippen LogP contribution in [0.4, 0.5) is 17.1 Å². The normalized spacial score (nSPS) is 11.7. The van der Waals surface area contributed by atoms with Gasteiger partial charge >= 0.3 is 0 Å². The van der Waals surface area contributed by atoms with Crippen LogP contribution in [0.2, 0.25) is 0 Å². The van der Waals surface area contributed by atoms with Crippen LogP contribution in [0.1, 0.15) is 0 Å². The predicted octanol–water partition coefficient (Wildman–Crippen LogP) is 15.0. The monoisotopic (exact) mass is 687 g/mol. The molecule has 0 aliphatic rings. The van der Waals surface area contributed by atoms with Crippen molar-refractivity contribution in [1.82, 2.24) is 0 Å². The van der Waals surface area contributed by atoms with Gasteiger partial charge in [0.25, 0.3) is 0 Å². The molecule has 11 rings (SSSR count). The lowest BCUT2D eigenvalue weighted by Crippen LogP contribution is -2.10. The van der Waals surface area contributed by atoms with Gasteiger partial charge < -0.3 is 9.32 Å². The molecule has 11 aromatic rings. The van der Waals surface area contributed by atoms with Crippen LogP contribution < -0.4 is 4.90 Å². The van der Waals surface area contributed by atoms with Crippen LogP contribution in [0.5, 0.6) is 0 Å². The number of nitrogens with zero attached hydrogens (tertiary/aromatic N) is 1. The Morgan fingerprint density at radius 1 is 0.315 bits per heavy atom. The number of rotatable bonds is 5. The Kier molecular flexibility index (Phi) is 6.90.